The molecule has 1 aromatic carbocycles. The van der Waals surface area contributed by atoms with E-state index >= 15 is 0 Å². The first-order chi connectivity index (χ1) is 14.0. The fourth-order valence-electron chi connectivity index (χ4n) is 4.19. The zero-order chi connectivity index (χ0) is 20.4. The number of aliphatic hydroxyl groups is 1. The lowest BCUT2D eigenvalue weighted by Gasteiger charge is -2.34. The number of carbonyl (C=O) groups is 1. The third kappa shape index (κ3) is 4.03. The Balaban J connectivity index is 1.43. The first kappa shape index (κ1) is 19.6. The van der Waals surface area contributed by atoms with E-state index in [0.29, 0.717) is 25.3 Å². The van der Waals surface area contributed by atoms with Gasteiger partial charge in [0.05, 0.1) is 22.8 Å². The summed E-state index contributed by atoms with van der Waals surface area (Å²) in [5, 5.41) is 10.6. The Morgan fingerprint density at radius 2 is 1.86 bits per heavy atom. The van der Waals surface area contributed by atoms with E-state index < -0.39 is 6.10 Å². The lowest BCUT2D eigenvalue weighted by Crippen LogP contribution is -2.41. The minimum atomic E-state index is -0.571. The van der Waals surface area contributed by atoms with E-state index in [2.05, 4.69) is 23.4 Å². The molecule has 0 bridgehead atoms. The summed E-state index contributed by atoms with van der Waals surface area (Å²) in [6, 6.07) is 13.6. The highest BCUT2D eigenvalue weighted by atomic mass is 16.3. The van der Waals surface area contributed by atoms with Crippen LogP contribution in [0.5, 0.6) is 0 Å². The average Bonchev–Trinajstić information content (AvgIpc) is 3.13. The maximum Gasteiger partial charge on any atom is 0.242 e. The van der Waals surface area contributed by atoms with E-state index in [0.717, 1.165) is 29.7 Å². The van der Waals surface area contributed by atoms with E-state index in [1.807, 2.05) is 47.4 Å². The summed E-state index contributed by atoms with van der Waals surface area (Å²) >= 11 is 0. The summed E-state index contributed by atoms with van der Waals surface area (Å²) < 4.78 is 2.05. The molecule has 29 heavy (non-hydrogen) atoms. The van der Waals surface area contributed by atoms with Gasteiger partial charge in [-0.25, -0.2) is 4.98 Å². The normalized spacial score (nSPS) is 16.5. The standard InChI is InChI=1S/C23H28N4O2/c1-16(2)23-25-18-7-3-4-9-20(18)27(23)15-21(28)26-13-10-17(11-14-26)22(29)19-8-5-6-12-24-19/h3-9,12,16-17,22,29H,10-11,13-15H2,1-2H3. The van der Waals surface area contributed by atoms with Crippen LogP contribution in [0.3, 0.4) is 0 Å². The van der Waals surface area contributed by atoms with Gasteiger partial charge in [-0.2, -0.15) is 0 Å². The van der Waals surface area contributed by atoms with E-state index in [4.69, 9.17) is 4.98 Å². The van der Waals surface area contributed by atoms with Gasteiger partial charge >= 0.3 is 0 Å². The van der Waals surface area contributed by atoms with E-state index in [-0.39, 0.29) is 17.7 Å². The first-order valence-electron chi connectivity index (χ1n) is 10.4. The van der Waals surface area contributed by atoms with Crippen molar-refractivity contribution in [2.24, 2.45) is 5.92 Å². The van der Waals surface area contributed by atoms with Crippen molar-refractivity contribution < 1.29 is 9.90 Å². The van der Waals surface area contributed by atoms with Crippen LogP contribution in [0, 0.1) is 5.92 Å². The number of hydrogen-bond acceptors (Lipinski definition) is 4. The Bertz CT molecular complexity index is 975. The molecule has 6 heteroatoms. The molecule has 1 fully saturated rings. The van der Waals surface area contributed by atoms with Crippen molar-refractivity contribution in [3.63, 3.8) is 0 Å². The molecule has 3 heterocycles. The van der Waals surface area contributed by atoms with Crippen molar-refractivity contribution in [1.29, 1.82) is 0 Å². The van der Waals surface area contributed by atoms with Crippen LogP contribution < -0.4 is 0 Å². The molecule has 1 amide bonds. The number of benzene rings is 1. The predicted molar refractivity (Wildman–Crippen MR) is 112 cm³/mol. The number of fused-ring (bicyclic) bond motifs is 1. The Labute approximate surface area is 171 Å². The lowest BCUT2D eigenvalue weighted by atomic mass is 9.89. The Morgan fingerprint density at radius 3 is 2.55 bits per heavy atom. The van der Waals surface area contributed by atoms with Crippen LogP contribution in [0.4, 0.5) is 0 Å². The van der Waals surface area contributed by atoms with Gasteiger partial charge in [-0.15, -0.1) is 0 Å². The second-order valence-corrected chi connectivity index (χ2v) is 8.12. The van der Waals surface area contributed by atoms with Crippen molar-refractivity contribution in [2.45, 2.75) is 45.3 Å². The smallest absolute Gasteiger partial charge is 0.242 e. The van der Waals surface area contributed by atoms with Gasteiger partial charge in [-0.1, -0.05) is 32.0 Å². The van der Waals surface area contributed by atoms with E-state index in [1.54, 1.807) is 6.20 Å². The number of rotatable bonds is 5. The number of aromatic nitrogens is 3. The van der Waals surface area contributed by atoms with Crippen LogP contribution >= 0.6 is 0 Å². The molecule has 6 nitrogen and oxygen atoms in total. The Morgan fingerprint density at radius 1 is 1.14 bits per heavy atom. The van der Waals surface area contributed by atoms with Gasteiger partial charge in [-0.3, -0.25) is 9.78 Å². The van der Waals surface area contributed by atoms with Crippen LogP contribution in [-0.4, -0.2) is 43.5 Å². The Kier molecular flexibility index (Phi) is 5.62. The number of imidazole rings is 1. The molecule has 1 N–H and O–H groups in total. The molecule has 152 valence electrons. The van der Waals surface area contributed by atoms with Crippen LogP contribution in [-0.2, 0) is 11.3 Å². The average molecular weight is 393 g/mol. The molecule has 0 radical (unpaired) electrons. The SMILES string of the molecule is CC(C)c1nc2ccccc2n1CC(=O)N1CCC(C(O)c2ccccn2)CC1. The van der Waals surface area contributed by atoms with E-state index in [1.165, 1.54) is 0 Å². The monoisotopic (exact) mass is 392 g/mol. The van der Waals surface area contributed by atoms with Gasteiger partial charge in [0, 0.05) is 25.2 Å². The highest BCUT2D eigenvalue weighted by Crippen LogP contribution is 2.30. The molecule has 0 saturated carbocycles. The van der Waals surface area contributed by atoms with Crippen molar-refractivity contribution in [3.8, 4) is 0 Å². The third-order valence-electron chi connectivity index (χ3n) is 5.82. The molecule has 3 aromatic rings. The molecule has 2 aromatic heterocycles. The quantitative estimate of drug-likeness (QED) is 0.721. The number of hydrogen-bond donors (Lipinski definition) is 1. The number of aliphatic hydroxyl groups excluding tert-OH is 1. The zero-order valence-electron chi connectivity index (χ0n) is 17.0. The van der Waals surface area contributed by atoms with Gasteiger partial charge < -0.3 is 14.6 Å². The van der Waals surface area contributed by atoms with Gasteiger partial charge in [0.1, 0.15) is 12.4 Å². The number of pyridine rings is 1. The molecule has 1 aliphatic rings. The molecule has 1 aliphatic heterocycles. The molecule has 1 atom stereocenters. The summed E-state index contributed by atoms with van der Waals surface area (Å²) in [7, 11) is 0. The molecule has 4 rings (SSSR count). The summed E-state index contributed by atoms with van der Waals surface area (Å²) in [5.41, 5.74) is 2.65. The van der Waals surface area contributed by atoms with Gasteiger partial charge in [0.15, 0.2) is 0 Å². The summed E-state index contributed by atoms with van der Waals surface area (Å²) in [5.74, 6) is 1.43. The summed E-state index contributed by atoms with van der Waals surface area (Å²) in [6.07, 6.45) is 2.70. The van der Waals surface area contributed by atoms with Gasteiger partial charge in [-0.05, 0) is 43.0 Å². The number of amides is 1. The fraction of sp³-hybridized carbons (Fsp3) is 0.435. The number of piperidine rings is 1. The van der Waals surface area contributed by atoms with Gasteiger partial charge in [0.2, 0.25) is 5.91 Å². The molecular weight excluding hydrogens is 364 g/mol. The number of carbonyl (C=O) groups excluding carboxylic acids is 1. The van der Waals surface area contributed by atoms with Gasteiger partial charge in [0.25, 0.3) is 0 Å². The summed E-state index contributed by atoms with van der Waals surface area (Å²) in [6.45, 7) is 5.84. The molecular formula is C23H28N4O2. The first-order valence-corrected chi connectivity index (χ1v) is 10.4. The minimum absolute atomic E-state index is 0.112. The van der Waals surface area contributed by atoms with Crippen LogP contribution in [0.1, 0.15) is 50.2 Å². The second-order valence-electron chi connectivity index (χ2n) is 8.12. The highest BCUT2D eigenvalue weighted by Gasteiger charge is 2.29. The van der Waals surface area contributed by atoms with Crippen LogP contribution in [0.15, 0.2) is 48.7 Å². The second kappa shape index (κ2) is 8.33. The van der Waals surface area contributed by atoms with Crippen LogP contribution in [0.25, 0.3) is 11.0 Å². The molecule has 1 saturated heterocycles. The minimum Gasteiger partial charge on any atom is -0.387 e. The van der Waals surface area contributed by atoms with Crippen molar-refractivity contribution in [1.82, 2.24) is 19.4 Å². The van der Waals surface area contributed by atoms with Crippen molar-refractivity contribution in [3.05, 3.63) is 60.2 Å². The predicted octanol–water partition coefficient (Wildman–Crippen LogP) is 3.53. The van der Waals surface area contributed by atoms with Crippen molar-refractivity contribution in [2.75, 3.05) is 13.1 Å². The maximum atomic E-state index is 13.0. The third-order valence-corrected chi connectivity index (χ3v) is 5.82. The van der Waals surface area contributed by atoms with E-state index in [9.17, 15) is 9.90 Å². The number of likely N-dealkylation sites (tertiary alicyclic amines) is 1. The fourth-order valence-corrected chi connectivity index (χ4v) is 4.19. The number of nitrogens with zero attached hydrogens (tertiary/aromatic N) is 4. The maximum absolute atomic E-state index is 13.0. The molecule has 0 spiro atoms. The van der Waals surface area contributed by atoms with Crippen molar-refractivity contribution >= 4 is 16.9 Å². The van der Waals surface area contributed by atoms with Crippen LogP contribution in [0.2, 0.25) is 0 Å². The summed E-state index contributed by atoms with van der Waals surface area (Å²) in [4.78, 5) is 24.0. The number of para-hydroxylation sites is 2. The molecule has 0 aliphatic carbocycles. The lowest BCUT2D eigenvalue weighted by molar-refractivity contribution is -0.133. The highest BCUT2D eigenvalue weighted by molar-refractivity contribution is 5.81. The zero-order valence-corrected chi connectivity index (χ0v) is 17.0. The topological polar surface area (TPSA) is 71.2 Å². The Hall–Kier alpha value is -2.73. The molecule has 1 unspecified atom stereocenters. The largest absolute Gasteiger partial charge is 0.387 e.